The number of anilines is 3. The maximum absolute atomic E-state index is 13.3. The first-order chi connectivity index (χ1) is 15.9. The van der Waals surface area contributed by atoms with Crippen LogP contribution in [0.2, 0.25) is 0 Å². The second-order valence-corrected chi connectivity index (χ2v) is 10.6. The number of hydrogen-bond acceptors (Lipinski definition) is 5. The minimum atomic E-state index is -3.61. The van der Waals surface area contributed by atoms with Crippen molar-refractivity contribution < 1.29 is 13.2 Å². The van der Waals surface area contributed by atoms with Crippen molar-refractivity contribution in [1.29, 1.82) is 0 Å². The molecule has 1 amide bonds. The molecule has 33 heavy (non-hydrogen) atoms. The van der Waals surface area contributed by atoms with Crippen molar-refractivity contribution in [1.82, 2.24) is 4.90 Å². The summed E-state index contributed by atoms with van der Waals surface area (Å²) in [6.07, 6.45) is 0. The Morgan fingerprint density at radius 1 is 0.788 bits per heavy atom. The van der Waals surface area contributed by atoms with Gasteiger partial charge in [0.2, 0.25) is 15.7 Å². The molecule has 0 atom stereocenters. The zero-order valence-corrected chi connectivity index (χ0v) is 19.7. The molecule has 0 aliphatic carbocycles. The Balaban J connectivity index is 1.36. The van der Waals surface area contributed by atoms with Gasteiger partial charge in [-0.3, -0.25) is 4.79 Å². The van der Waals surface area contributed by atoms with Crippen molar-refractivity contribution in [2.24, 2.45) is 0 Å². The molecule has 1 fully saturated rings. The first kappa shape index (κ1) is 21.5. The van der Waals surface area contributed by atoms with Gasteiger partial charge >= 0.3 is 0 Å². The molecule has 5 rings (SSSR count). The number of aryl methyl sites for hydroxylation is 2. The van der Waals surface area contributed by atoms with E-state index in [9.17, 15) is 13.2 Å². The number of carbonyl (C=O) groups excluding carboxylic acids is 1. The summed E-state index contributed by atoms with van der Waals surface area (Å²) in [6.45, 7) is 7.15. The van der Waals surface area contributed by atoms with Crippen molar-refractivity contribution in [3.8, 4) is 0 Å². The molecule has 1 saturated heterocycles. The van der Waals surface area contributed by atoms with Crippen LogP contribution in [0.4, 0.5) is 17.1 Å². The van der Waals surface area contributed by atoms with E-state index in [4.69, 9.17) is 0 Å². The average molecular weight is 462 g/mol. The summed E-state index contributed by atoms with van der Waals surface area (Å²) in [7, 11) is -3.61. The number of hydrogen-bond donors (Lipinski definition) is 0. The minimum absolute atomic E-state index is 0.000757. The van der Waals surface area contributed by atoms with E-state index >= 15 is 0 Å². The van der Waals surface area contributed by atoms with Gasteiger partial charge in [-0.2, -0.15) is 0 Å². The number of benzene rings is 3. The van der Waals surface area contributed by atoms with Crippen LogP contribution in [0.3, 0.4) is 0 Å². The Morgan fingerprint density at radius 2 is 1.36 bits per heavy atom. The van der Waals surface area contributed by atoms with Gasteiger partial charge in [-0.25, -0.2) is 8.42 Å². The van der Waals surface area contributed by atoms with Crippen LogP contribution in [0.1, 0.15) is 11.1 Å². The number of nitrogens with zero attached hydrogens (tertiary/aromatic N) is 3. The number of rotatable bonds is 3. The lowest BCUT2D eigenvalue weighted by molar-refractivity contribution is -0.129. The highest BCUT2D eigenvalue weighted by Crippen LogP contribution is 2.43. The topological polar surface area (TPSA) is 60.9 Å². The second-order valence-electron chi connectivity index (χ2n) is 8.68. The molecule has 0 bridgehead atoms. The van der Waals surface area contributed by atoms with E-state index in [-0.39, 0.29) is 22.2 Å². The van der Waals surface area contributed by atoms with E-state index in [1.807, 2.05) is 21.9 Å². The fourth-order valence-corrected chi connectivity index (χ4v) is 6.49. The minimum Gasteiger partial charge on any atom is -0.368 e. The van der Waals surface area contributed by atoms with Crippen LogP contribution in [0.15, 0.2) is 76.5 Å². The second kappa shape index (κ2) is 8.23. The number of para-hydroxylation sites is 2. The predicted octanol–water partition coefficient (Wildman–Crippen LogP) is 3.94. The summed E-state index contributed by atoms with van der Waals surface area (Å²) >= 11 is 0. The largest absolute Gasteiger partial charge is 0.368 e. The molecule has 170 valence electrons. The summed E-state index contributed by atoms with van der Waals surface area (Å²) in [5.41, 5.74) is 4.82. The van der Waals surface area contributed by atoms with E-state index in [0.29, 0.717) is 24.5 Å². The van der Waals surface area contributed by atoms with Gasteiger partial charge in [-0.15, -0.1) is 0 Å². The van der Waals surface area contributed by atoms with Crippen LogP contribution in [0, 0.1) is 13.8 Å². The predicted molar refractivity (Wildman–Crippen MR) is 130 cm³/mol. The number of piperazine rings is 1. The molecule has 0 unspecified atom stereocenters. The Morgan fingerprint density at radius 3 is 1.94 bits per heavy atom. The van der Waals surface area contributed by atoms with Gasteiger partial charge in [0.05, 0.1) is 21.2 Å². The first-order valence-electron chi connectivity index (χ1n) is 11.2. The third kappa shape index (κ3) is 3.76. The van der Waals surface area contributed by atoms with E-state index < -0.39 is 9.84 Å². The maximum Gasteiger partial charge on any atom is 0.242 e. The van der Waals surface area contributed by atoms with Crippen LogP contribution in [0.25, 0.3) is 0 Å². The van der Waals surface area contributed by atoms with Crippen LogP contribution in [0.5, 0.6) is 0 Å². The molecule has 3 aromatic carbocycles. The smallest absolute Gasteiger partial charge is 0.242 e. The highest BCUT2D eigenvalue weighted by molar-refractivity contribution is 7.92. The summed E-state index contributed by atoms with van der Waals surface area (Å²) < 4.78 is 26.2. The van der Waals surface area contributed by atoms with Crippen LogP contribution >= 0.6 is 0 Å². The third-order valence-electron chi connectivity index (χ3n) is 6.51. The van der Waals surface area contributed by atoms with Gasteiger partial charge in [-0.1, -0.05) is 42.0 Å². The number of sulfone groups is 1. The van der Waals surface area contributed by atoms with Gasteiger partial charge in [-0.05, 0) is 49.7 Å². The zero-order chi connectivity index (χ0) is 23.2. The first-order valence-corrected chi connectivity index (χ1v) is 12.7. The van der Waals surface area contributed by atoms with Crippen molar-refractivity contribution >= 4 is 32.8 Å². The van der Waals surface area contributed by atoms with Crippen LogP contribution < -0.4 is 9.80 Å². The molecule has 0 radical (unpaired) electrons. The van der Waals surface area contributed by atoms with Gasteiger partial charge < -0.3 is 14.7 Å². The zero-order valence-electron chi connectivity index (χ0n) is 18.9. The van der Waals surface area contributed by atoms with E-state index in [0.717, 1.165) is 13.1 Å². The highest BCUT2D eigenvalue weighted by Gasteiger charge is 2.35. The molecule has 0 spiro atoms. The van der Waals surface area contributed by atoms with Gasteiger partial charge in [0.25, 0.3) is 0 Å². The maximum atomic E-state index is 13.3. The van der Waals surface area contributed by atoms with Gasteiger partial charge in [0, 0.05) is 31.9 Å². The Hall–Kier alpha value is -3.32. The number of carbonyl (C=O) groups is 1. The van der Waals surface area contributed by atoms with E-state index in [1.165, 1.54) is 16.8 Å². The lowest BCUT2D eigenvalue weighted by Crippen LogP contribution is -2.51. The summed E-state index contributed by atoms with van der Waals surface area (Å²) in [5, 5.41) is 0. The van der Waals surface area contributed by atoms with Crippen molar-refractivity contribution in [2.75, 3.05) is 42.5 Å². The number of fused-ring (bicyclic) bond motifs is 2. The molecule has 3 aromatic rings. The van der Waals surface area contributed by atoms with Gasteiger partial charge in [0.1, 0.15) is 6.54 Å². The Bertz CT molecular complexity index is 1270. The van der Waals surface area contributed by atoms with Crippen molar-refractivity contribution in [3.63, 3.8) is 0 Å². The molecular formula is C26H27N3O3S. The van der Waals surface area contributed by atoms with Crippen molar-refractivity contribution in [2.45, 2.75) is 23.6 Å². The van der Waals surface area contributed by atoms with E-state index in [1.54, 1.807) is 36.4 Å². The molecular weight excluding hydrogens is 434 g/mol. The molecule has 2 heterocycles. The normalized spacial score (nSPS) is 16.8. The summed E-state index contributed by atoms with van der Waals surface area (Å²) in [5.74, 6) is -0.000757. The quantitative estimate of drug-likeness (QED) is 0.591. The monoisotopic (exact) mass is 461 g/mol. The number of amides is 1. The van der Waals surface area contributed by atoms with Crippen molar-refractivity contribution in [3.05, 3.63) is 77.9 Å². The standard InChI is InChI=1S/C26H27N3O3S/c1-19-11-12-21(20(2)17-19)27-13-15-28(16-14-27)26(30)18-29-22-7-3-5-9-24(22)33(31,32)25-10-6-4-8-23(25)29/h3-12,17H,13-16,18H2,1-2H3. The molecule has 2 aliphatic rings. The molecule has 6 nitrogen and oxygen atoms in total. The highest BCUT2D eigenvalue weighted by atomic mass is 32.2. The van der Waals surface area contributed by atoms with Crippen LogP contribution in [-0.2, 0) is 14.6 Å². The lowest BCUT2D eigenvalue weighted by atomic mass is 10.1. The molecule has 0 saturated carbocycles. The fourth-order valence-electron chi connectivity index (χ4n) is 4.83. The Kier molecular flexibility index (Phi) is 5.37. The summed E-state index contributed by atoms with van der Waals surface area (Å²) in [6, 6.07) is 20.3. The molecule has 0 N–H and O–H groups in total. The molecule has 0 aromatic heterocycles. The Labute approximate surface area is 195 Å². The van der Waals surface area contributed by atoms with E-state index in [2.05, 4.69) is 36.9 Å². The molecule has 2 aliphatic heterocycles. The SMILES string of the molecule is Cc1ccc(N2CCN(C(=O)CN3c4ccccc4S(=O)(=O)c4ccccc43)CC2)c(C)c1. The van der Waals surface area contributed by atoms with Crippen LogP contribution in [-0.4, -0.2) is 51.9 Å². The van der Waals surface area contributed by atoms with Gasteiger partial charge in [0.15, 0.2) is 0 Å². The average Bonchev–Trinajstić information content (AvgIpc) is 2.82. The lowest BCUT2D eigenvalue weighted by Gasteiger charge is -2.39. The third-order valence-corrected chi connectivity index (χ3v) is 8.36. The summed E-state index contributed by atoms with van der Waals surface area (Å²) in [4.78, 5) is 19.9. The molecule has 7 heteroatoms. The fraction of sp³-hybridized carbons (Fsp3) is 0.269.